The molecule has 3 N–H and O–H groups in total. The van der Waals surface area contributed by atoms with Crippen molar-refractivity contribution in [1.82, 2.24) is 15.1 Å². The fraction of sp³-hybridized carbons (Fsp3) is 0.375. The molecule has 0 bridgehead atoms. The van der Waals surface area contributed by atoms with E-state index in [4.69, 9.17) is 5.73 Å². The minimum Gasteiger partial charge on any atom is -0.350 e. The summed E-state index contributed by atoms with van der Waals surface area (Å²) in [5.74, 6) is -0.0207. The van der Waals surface area contributed by atoms with Gasteiger partial charge in [0.1, 0.15) is 0 Å². The molecule has 0 saturated heterocycles. The summed E-state index contributed by atoms with van der Waals surface area (Å²) in [6.45, 7) is 6.35. The molecule has 2 rings (SSSR count). The average Bonchev–Trinajstić information content (AvgIpc) is 2.78. The first-order valence-electron chi connectivity index (χ1n) is 7.14. The topological polar surface area (TPSA) is 72.9 Å². The monoisotopic (exact) mass is 286 g/mol. The third-order valence-corrected chi connectivity index (χ3v) is 3.40. The number of aromatic nitrogens is 2. The van der Waals surface area contributed by atoms with E-state index >= 15 is 0 Å². The fourth-order valence-electron chi connectivity index (χ4n) is 2.32. The van der Waals surface area contributed by atoms with E-state index in [1.54, 1.807) is 0 Å². The van der Waals surface area contributed by atoms with Gasteiger partial charge in [0, 0.05) is 18.7 Å². The van der Waals surface area contributed by atoms with E-state index in [9.17, 15) is 4.79 Å². The standard InChI is InChI=1S/C16H22N4O/c1-11-10-12(2)20(19-11)15-6-4-14(5-7-15)13(3)18-16(21)8-9-17/h4-7,10,13H,8-9,17H2,1-3H3,(H,18,21). The highest BCUT2D eigenvalue weighted by Crippen LogP contribution is 2.17. The zero-order valence-corrected chi connectivity index (χ0v) is 12.8. The first-order valence-corrected chi connectivity index (χ1v) is 7.14. The van der Waals surface area contributed by atoms with Crippen molar-refractivity contribution in [1.29, 1.82) is 0 Å². The number of nitrogens with two attached hydrogens (primary N) is 1. The van der Waals surface area contributed by atoms with Gasteiger partial charge in [0.05, 0.1) is 17.4 Å². The molecule has 0 spiro atoms. The van der Waals surface area contributed by atoms with E-state index in [1.807, 2.05) is 55.8 Å². The molecular weight excluding hydrogens is 264 g/mol. The molecule has 0 aliphatic carbocycles. The van der Waals surface area contributed by atoms with Crippen LogP contribution in [0.4, 0.5) is 0 Å². The molecule has 5 heteroatoms. The van der Waals surface area contributed by atoms with E-state index in [2.05, 4.69) is 10.4 Å². The summed E-state index contributed by atoms with van der Waals surface area (Å²) in [5, 5.41) is 7.39. The molecule has 0 saturated carbocycles. The number of carbonyl (C=O) groups is 1. The first-order chi connectivity index (χ1) is 10.0. The lowest BCUT2D eigenvalue weighted by Gasteiger charge is -2.15. The molecule has 5 nitrogen and oxygen atoms in total. The summed E-state index contributed by atoms with van der Waals surface area (Å²) in [6.07, 6.45) is 0.355. The van der Waals surface area contributed by atoms with E-state index < -0.39 is 0 Å². The molecule has 1 heterocycles. The molecule has 21 heavy (non-hydrogen) atoms. The van der Waals surface area contributed by atoms with Crippen LogP contribution in [0.2, 0.25) is 0 Å². The van der Waals surface area contributed by atoms with Crippen LogP contribution in [0.1, 0.15) is 36.3 Å². The zero-order valence-electron chi connectivity index (χ0n) is 12.8. The van der Waals surface area contributed by atoms with E-state index in [1.165, 1.54) is 0 Å². The predicted octanol–water partition coefficient (Wildman–Crippen LogP) is 2.02. The van der Waals surface area contributed by atoms with Crippen LogP contribution >= 0.6 is 0 Å². The summed E-state index contributed by atoms with van der Waals surface area (Å²) >= 11 is 0. The second-order valence-corrected chi connectivity index (χ2v) is 5.26. The van der Waals surface area contributed by atoms with Crippen molar-refractivity contribution in [2.24, 2.45) is 5.73 Å². The maximum atomic E-state index is 11.6. The fourth-order valence-corrected chi connectivity index (χ4v) is 2.32. The van der Waals surface area contributed by atoms with Gasteiger partial charge in [-0.15, -0.1) is 0 Å². The summed E-state index contributed by atoms with van der Waals surface area (Å²) in [4.78, 5) is 11.6. The second kappa shape index (κ2) is 6.54. The lowest BCUT2D eigenvalue weighted by molar-refractivity contribution is -0.121. The Morgan fingerprint density at radius 3 is 2.52 bits per heavy atom. The van der Waals surface area contributed by atoms with Crippen LogP contribution in [0.3, 0.4) is 0 Å². The van der Waals surface area contributed by atoms with Crippen LogP contribution in [-0.4, -0.2) is 22.2 Å². The molecule has 112 valence electrons. The normalized spacial score (nSPS) is 12.2. The van der Waals surface area contributed by atoms with Gasteiger partial charge in [0.2, 0.25) is 5.91 Å². The highest BCUT2D eigenvalue weighted by molar-refractivity contribution is 5.76. The Labute approximate surface area is 125 Å². The van der Waals surface area contributed by atoms with Crippen molar-refractivity contribution in [3.63, 3.8) is 0 Å². The SMILES string of the molecule is Cc1cc(C)n(-c2ccc(C(C)NC(=O)CCN)cc2)n1. The number of carbonyl (C=O) groups excluding carboxylic acids is 1. The summed E-state index contributed by atoms with van der Waals surface area (Å²) in [5.41, 5.74) is 9.55. The van der Waals surface area contributed by atoms with E-state index in [0.29, 0.717) is 13.0 Å². The minimum absolute atomic E-state index is 0.0207. The molecule has 0 radical (unpaired) electrons. The molecule has 0 aliphatic heterocycles. The molecule has 2 aromatic rings. The zero-order chi connectivity index (χ0) is 15.4. The molecule has 1 unspecified atom stereocenters. The van der Waals surface area contributed by atoms with Gasteiger partial charge in [-0.3, -0.25) is 4.79 Å². The van der Waals surface area contributed by atoms with Gasteiger partial charge in [0.15, 0.2) is 0 Å². The van der Waals surface area contributed by atoms with Crippen LogP contribution in [0, 0.1) is 13.8 Å². The Hall–Kier alpha value is -2.14. The maximum absolute atomic E-state index is 11.6. The summed E-state index contributed by atoms with van der Waals surface area (Å²) in [7, 11) is 0. The Morgan fingerprint density at radius 2 is 2.00 bits per heavy atom. The predicted molar refractivity (Wildman–Crippen MR) is 83.3 cm³/mol. The molecule has 1 aromatic heterocycles. The largest absolute Gasteiger partial charge is 0.350 e. The van der Waals surface area contributed by atoms with Crippen molar-refractivity contribution >= 4 is 5.91 Å². The summed E-state index contributed by atoms with van der Waals surface area (Å²) in [6, 6.07) is 10.1. The van der Waals surface area contributed by atoms with Crippen LogP contribution in [0.15, 0.2) is 30.3 Å². The van der Waals surface area contributed by atoms with Gasteiger partial charge in [0.25, 0.3) is 0 Å². The van der Waals surface area contributed by atoms with Crippen LogP contribution in [0.25, 0.3) is 5.69 Å². The number of nitrogens with zero attached hydrogens (tertiary/aromatic N) is 2. The molecule has 1 amide bonds. The highest BCUT2D eigenvalue weighted by Gasteiger charge is 2.10. The van der Waals surface area contributed by atoms with Crippen LogP contribution in [-0.2, 0) is 4.79 Å². The number of aryl methyl sites for hydroxylation is 2. The maximum Gasteiger partial charge on any atom is 0.221 e. The van der Waals surface area contributed by atoms with E-state index in [-0.39, 0.29) is 11.9 Å². The molecule has 1 aromatic carbocycles. The Morgan fingerprint density at radius 1 is 1.33 bits per heavy atom. The lowest BCUT2D eigenvalue weighted by atomic mass is 10.1. The Balaban J connectivity index is 2.11. The van der Waals surface area contributed by atoms with Gasteiger partial charge >= 0.3 is 0 Å². The van der Waals surface area contributed by atoms with Gasteiger partial charge in [-0.05, 0) is 44.5 Å². The third-order valence-electron chi connectivity index (χ3n) is 3.40. The van der Waals surface area contributed by atoms with Crippen molar-refractivity contribution < 1.29 is 4.79 Å². The molecule has 1 atom stereocenters. The number of hydrogen-bond acceptors (Lipinski definition) is 3. The first kappa shape index (κ1) is 15.3. The van der Waals surface area contributed by atoms with Gasteiger partial charge in [-0.25, -0.2) is 4.68 Å². The van der Waals surface area contributed by atoms with Crippen molar-refractivity contribution in [2.45, 2.75) is 33.2 Å². The third kappa shape index (κ3) is 3.70. The lowest BCUT2D eigenvalue weighted by Crippen LogP contribution is -2.28. The van der Waals surface area contributed by atoms with Gasteiger partial charge in [-0.1, -0.05) is 12.1 Å². The van der Waals surface area contributed by atoms with Gasteiger partial charge < -0.3 is 11.1 Å². The van der Waals surface area contributed by atoms with Crippen molar-refractivity contribution in [3.05, 3.63) is 47.3 Å². The Kier molecular flexibility index (Phi) is 4.75. The molecule has 0 aliphatic rings. The second-order valence-electron chi connectivity index (χ2n) is 5.26. The number of nitrogens with one attached hydrogen (secondary N) is 1. The van der Waals surface area contributed by atoms with Crippen molar-refractivity contribution in [3.8, 4) is 5.69 Å². The van der Waals surface area contributed by atoms with Crippen LogP contribution < -0.4 is 11.1 Å². The minimum atomic E-state index is -0.0291. The quantitative estimate of drug-likeness (QED) is 0.883. The number of rotatable bonds is 5. The van der Waals surface area contributed by atoms with Crippen LogP contribution in [0.5, 0.6) is 0 Å². The van der Waals surface area contributed by atoms with Crippen molar-refractivity contribution in [2.75, 3.05) is 6.54 Å². The molecular formula is C16H22N4O. The highest BCUT2D eigenvalue weighted by atomic mass is 16.1. The Bertz CT molecular complexity index is 616. The number of hydrogen-bond donors (Lipinski definition) is 2. The smallest absolute Gasteiger partial charge is 0.221 e. The van der Waals surface area contributed by atoms with E-state index in [0.717, 1.165) is 22.6 Å². The summed E-state index contributed by atoms with van der Waals surface area (Å²) < 4.78 is 1.91. The average molecular weight is 286 g/mol. The molecule has 0 fully saturated rings. The van der Waals surface area contributed by atoms with Gasteiger partial charge in [-0.2, -0.15) is 5.10 Å². The number of amides is 1. The number of benzene rings is 1.